The van der Waals surface area contributed by atoms with Gasteiger partial charge in [0, 0.05) is 36.1 Å². The van der Waals surface area contributed by atoms with Gasteiger partial charge in [0.2, 0.25) is 0 Å². The Bertz CT molecular complexity index is 1350. The van der Waals surface area contributed by atoms with E-state index in [9.17, 15) is 14.7 Å². The summed E-state index contributed by atoms with van der Waals surface area (Å²) in [5.74, 6) is 1.45. The van der Waals surface area contributed by atoms with Crippen molar-refractivity contribution in [1.82, 2.24) is 20.1 Å². The lowest BCUT2D eigenvalue weighted by molar-refractivity contribution is -0.133. The van der Waals surface area contributed by atoms with Crippen LogP contribution in [0.25, 0.3) is 10.9 Å². The Kier molecular flexibility index (Phi) is 5.44. The maximum absolute atomic E-state index is 13.8. The first kappa shape index (κ1) is 22.9. The molecule has 0 bridgehead atoms. The summed E-state index contributed by atoms with van der Waals surface area (Å²) in [7, 11) is 0. The summed E-state index contributed by atoms with van der Waals surface area (Å²) in [5.41, 5.74) is 2.53. The molecular weight excluding hydrogens is 456 g/mol. The summed E-state index contributed by atoms with van der Waals surface area (Å²) in [6.45, 7) is 6.24. The number of rotatable bonds is 8. The first-order valence-corrected chi connectivity index (χ1v) is 12.8. The number of nitrogens with zero attached hydrogens (tertiary/aromatic N) is 2. The zero-order valence-corrected chi connectivity index (χ0v) is 20.7. The number of phenols is 1. The van der Waals surface area contributed by atoms with Crippen LogP contribution in [0.1, 0.15) is 49.6 Å². The number of aromatic nitrogens is 1. The molecule has 0 spiro atoms. The van der Waals surface area contributed by atoms with Crippen molar-refractivity contribution < 1.29 is 19.4 Å². The third-order valence-electron chi connectivity index (χ3n) is 7.78. The number of ether oxygens (including phenoxy) is 1. The molecule has 1 aromatic heterocycles. The number of fused-ring (bicyclic) bond motifs is 4. The number of H-pyrrole nitrogens is 1. The van der Waals surface area contributed by atoms with Crippen molar-refractivity contribution in [2.45, 2.75) is 44.7 Å². The molecule has 3 amide bonds. The van der Waals surface area contributed by atoms with E-state index in [0.717, 1.165) is 45.9 Å². The monoisotopic (exact) mass is 488 g/mol. The molecule has 2 atom stereocenters. The molecule has 6 rings (SSSR count). The van der Waals surface area contributed by atoms with E-state index in [1.807, 2.05) is 38.1 Å². The molecule has 188 valence electrons. The summed E-state index contributed by atoms with van der Waals surface area (Å²) < 4.78 is 5.75. The highest BCUT2D eigenvalue weighted by Crippen LogP contribution is 2.49. The lowest BCUT2D eigenvalue weighted by atomic mass is 9.81. The third kappa shape index (κ3) is 3.63. The number of aromatic amines is 1. The predicted molar refractivity (Wildman–Crippen MR) is 136 cm³/mol. The van der Waals surface area contributed by atoms with Crippen molar-refractivity contribution in [3.05, 3.63) is 59.3 Å². The minimum atomic E-state index is -1.03. The standard InChI is InChI=1S/C28H32N4O4/c1-3-36-20-9-10-23-21(14-20)22-15-28(2)26(34)31(12-11-29-16-17-7-8-17)27(35)32(28)25(24(22)30-23)18-5-4-6-19(33)13-18/h4-6,9-10,13-14,17,25,29-30,33H,3,7-8,11-12,15-16H2,1-2H3/t25-,28+/m1/s1. The normalized spacial score (nSPS) is 23.3. The van der Waals surface area contributed by atoms with E-state index in [-0.39, 0.29) is 17.7 Å². The lowest BCUT2D eigenvalue weighted by Gasteiger charge is -2.42. The number of hydrogen-bond acceptors (Lipinski definition) is 5. The molecule has 1 saturated heterocycles. The summed E-state index contributed by atoms with van der Waals surface area (Å²) in [6, 6.07) is 12.0. The van der Waals surface area contributed by atoms with Gasteiger partial charge in [0.1, 0.15) is 23.1 Å². The number of urea groups is 1. The highest BCUT2D eigenvalue weighted by atomic mass is 16.5. The maximum atomic E-state index is 13.8. The fourth-order valence-corrected chi connectivity index (χ4v) is 5.81. The second-order valence-corrected chi connectivity index (χ2v) is 10.4. The number of phenolic OH excluding ortho intramolecular Hbond substituents is 1. The Morgan fingerprint density at radius 2 is 2.03 bits per heavy atom. The van der Waals surface area contributed by atoms with Gasteiger partial charge in [-0.2, -0.15) is 0 Å². The summed E-state index contributed by atoms with van der Waals surface area (Å²) in [6.07, 6.45) is 2.91. The van der Waals surface area contributed by atoms with Crippen LogP contribution in [-0.4, -0.2) is 63.6 Å². The van der Waals surface area contributed by atoms with Gasteiger partial charge >= 0.3 is 6.03 Å². The van der Waals surface area contributed by atoms with E-state index in [1.54, 1.807) is 23.1 Å². The molecule has 1 saturated carbocycles. The number of hydrogen-bond donors (Lipinski definition) is 3. The number of nitrogens with one attached hydrogen (secondary N) is 2. The zero-order chi connectivity index (χ0) is 25.0. The zero-order valence-electron chi connectivity index (χ0n) is 20.7. The molecule has 3 N–H and O–H groups in total. The van der Waals surface area contributed by atoms with Crippen molar-refractivity contribution in [3.63, 3.8) is 0 Å². The quantitative estimate of drug-likeness (QED) is 0.330. The van der Waals surface area contributed by atoms with E-state index < -0.39 is 11.6 Å². The number of imide groups is 1. The van der Waals surface area contributed by atoms with Crippen molar-refractivity contribution in [3.8, 4) is 11.5 Å². The summed E-state index contributed by atoms with van der Waals surface area (Å²) in [4.78, 5) is 34.3. The molecule has 3 aromatic rings. The van der Waals surface area contributed by atoms with Gasteiger partial charge in [-0.05, 0) is 80.6 Å². The van der Waals surface area contributed by atoms with E-state index >= 15 is 0 Å². The molecule has 36 heavy (non-hydrogen) atoms. The van der Waals surface area contributed by atoms with Crippen LogP contribution in [0.15, 0.2) is 42.5 Å². The molecule has 3 heterocycles. The van der Waals surface area contributed by atoms with Crippen LogP contribution in [-0.2, 0) is 11.2 Å². The Labute approximate surface area is 210 Å². The molecular formula is C28H32N4O4. The van der Waals surface area contributed by atoms with Crippen LogP contribution in [0.4, 0.5) is 4.79 Å². The fraction of sp³-hybridized carbons (Fsp3) is 0.429. The number of aromatic hydroxyl groups is 1. The minimum Gasteiger partial charge on any atom is -0.508 e. The highest BCUT2D eigenvalue weighted by molar-refractivity contribution is 6.08. The number of carbonyl (C=O) groups is 2. The maximum Gasteiger partial charge on any atom is 0.328 e. The minimum absolute atomic E-state index is 0.121. The van der Waals surface area contributed by atoms with Crippen LogP contribution in [0.3, 0.4) is 0 Å². The molecule has 0 unspecified atom stereocenters. The molecule has 8 heteroatoms. The first-order chi connectivity index (χ1) is 17.4. The molecule has 3 aliphatic rings. The molecule has 2 aromatic carbocycles. The van der Waals surface area contributed by atoms with E-state index in [1.165, 1.54) is 17.7 Å². The summed E-state index contributed by atoms with van der Waals surface area (Å²) in [5, 5.41) is 14.7. The number of carbonyl (C=O) groups excluding carboxylic acids is 2. The largest absolute Gasteiger partial charge is 0.508 e. The highest BCUT2D eigenvalue weighted by Gasteiger charge is 2.60. The van der Waals surface area contributed by atoms with Crippen molar-refractivity contribution in [2.75, 3.05) is 26.2 Å². The fourth-order valence-electron chi connectivity index (χ4n) is 5.81. The van der Waals surface area contributed by atoms with Gasteiger partial charge in [0.15, 0.2) is 0 Å². The van der Waals surface area contributed by atoms with E-state index in [4.69, 9.17) is 4.74 Å². The number of amides is 3. The van der Waals surface area contributed by atoms with Crippen molar-refractivity contribution in [2.24, 2.45) is 5.92 Å². The second-order valence-electron chi connectivity index (χ2n) is 10.4. The van der Waals surface area contributed by atoms with Crippen molar-refractivity contribution in [1.29, 1.82) is 0 Å². The van der Waals surface area contributed by atoms with Crippen LogP contribution in [0.5, 0.6) is 11.5 Å². The lowest BCUT2D eigenvalue weighted by Crippen LogP contribution is -2.53. The van der Waals surface area contributed by atoms with Gasteiger partial charge in [0.05, 0.1) is 6.61 Å². The molecule has 2 aliphatic heterocycles. The smallest absolute Gasteiger partial charge is 0.328 e. The molecule has 0 radical (unpaired) electrons. The molecule has 8 nitrogen and oxygen atoms in total. The Hall–Kier alpha value is -3.52. The average Bonchev–Trinajstić information content (AvgIpc) is 3.59. The average molecular weight is 489 g/mol. The Morgan fingerprint density at radius 3 is 2.78 bits per heavy atom. The van der Waals surface area contributed by atoms with E-state index in [2.05, 4.69) is 10.3 Å². The van der Waals surface area contributed by atoms with E-state index in [0.29, 0.717) is 26.1 Å². The van der Waals surface area contributed by atoms with Crippen LogP contribution in [0.2, 0.25) is 0 Å². The summed E-state index contributed by atoms with van der Waals surface area (Å²) >= 11 is 0. The van der Waals surface area contributed by atoms with Crippen LogP contribution in [0, 0.1) is 5.92 Å². The first-order valence-electron chi connectivity index (χ1n) is 12.8. The van der Waals surface area contributed by atoms with Crippen LogP contribution < -0.4 is 10.1 Å². The second kappa shape index (κ2) is 8.55. The van der Waals surface area contributed by atoms with Gasteiger partial charge in [-0.15, -0.1) is 0 Å². The number of benzene rings is 2. The van der Waals surface area contributed by atoms with Gasteiger partial charge in [-0.1, -0.05) is 12.1 Å². The third-order valence-corrected chi connectivity index (χ3v) is 7.78. The SMILES string of the molecule is CCOc1ccc2[nH]c3c(c2c1)C[C@@]1(C)C(=O)N(CCNCC2CC2)C(=O)N1[C@@H]3c1cccc(O)c1. The van der Waals surface area contributed by atoms with Crippen LogP contribution >= 0.6 is 0 Å². The van der Waals surface area contributed by atoms with Gasteiger partial charge in [0.25, 0.3) is 5.91 Å². The topological polar surface area (TPSA) is 97.9 Å². The van der Waals surface area contributed by atoms with Crippen molar-refractivity contribution >= 4 is 22.8 Å². The van der Waals surface area contributed by atoms with Gasteiger partial charge in [-0.25, -0.2) is 4.79 Å². The van der Waals surface area contributed by atoms with Gasteiger partial charge < -0.3 is 20.1 Å². The van der Waals surface area contributed by atoms with Gasteiger partial charge in [-0.3, -0.25) is 14.6 Å². The molecule has 1 aliphatic carbocycles. The molecule has 2 fully saturated rings. The Morgan fingerprint density at radius 1 is 1.19 bits per heavy atom. The Balaban J connectivity index is 1.43. The predicted octanol–water partition coefficient (Wildman–Crippen LogP) is 3.94.